The normalized spacial score (nSPS) is 10.3. The number of fused-ring (bicyclic) bond motifs is 1. The molecule has 4 aromatic rings. The van der Waals surface area contributed by atoms with Gasteiger partial charge in [-0.25, -0.2) is 0 Å². The summed E-state index contributed by atoms with van der Waals surface area (Å²) in [6.45, 7) is 0. The summed E-state index contributed by atoms with van der Waals surface area (Å²) >= 11 is 5.27. The smallest absolute Gasteiger partial charge is 0.257 e. The van der Waals surface area contributed by atoms with Crippen LogP contribution in [0.25, 0.3) is 11.0 Å². The van der Waals surface area contributed by atoms with E-state index in [9.17, 15) is 4.79 Å². The Balaban J connectivity index is 1.41. The van der Waals surface area contributed by atoms with Crippen LogP contribution in [-0.2, 0) is 0 Å². The van der Waals surface area contributed by atoms with Crippen molar-refractivity contribution < 1.29 is 9.53 Å². The Kier molecular flexibility index (Phi) is 5.40. The highest BCUT2D eigenvalue weighted by Gasteiger charge is 2.10. The lowest BCUT2D eigenvalue weighted by Crippen LogP contribution is -2.34. The number of anilines is 1. The third-order valence-corrected chi connectivity index (χ3v) is 4.23. The Hall–Kier alpha value is -3.84. The predicted molar refractivity (Wildman–Crippen MR) is 116 cm³/mol. The van der Waals surface area contributed by atoms with E-state index in [1.165, 1.54) is 0 Å². The SMILES string of the molecule is O=C(NC(=S)Nc1cccc(Oc2ccccc2)c1)c1ccc2nccnc2c1. The first-order valence-corrected chi connectivity index (χ1v) is 9.24. The van der Waals surface area contributed by atoms with E-state index in [0.717, 1.165) is 11.3 Å². The van der Waals surface area contributed by atoms with Gasteiger partial charge in [0.25, 0.3) is 5.91 Å². The molecule has 7 heteroatoms. The highest BCUT2D eigenvalue weighted by molar-refractivity contribution is 7.80. The molecule has 6 nitrogen and oxygen atoms in total. The monoisotopic (exact) mass is 400 g/mol. The minimum absolute atomic E-state index is 0.186. The first-order valence-electron chi connectivity index (χ1n) is 8.83. The fraction of sp³-hybridized carbons (Fsp3) is 0. The first-order chi connectivity index (χ1) is 14.2. The number of benzene rings is 3. The minimum atomic E-state index is -0.327. The second-order valence-corrected chi connectivity index (χ2v) is 6.52. The van der Waals surface area contributed by atoms with E-state index in [2.05, 4.69) is 20.6 Å². The molecule has 1 aromatic heterocycles. The third kappa shape index (κ3) is 4.72. The van der Waals surface area contributed by atoms with Crippen LogP contribution in [0.3, 0.4) is 0 Å². The topological polar surface area (TPSA) is 76.1 Å². The zero-order valence-electron chi connectivity index (χ0n) is 15.2. The van der Waals surface area contributed by atoms with Gasteiger partial charge in [-0.15, -0.1) is 0 Å². The third-order valence-electron chi connectivity index (χ3n) is 4.03. The van der Waals surface area contributed by atoms with Crippen LogP contribution in [0.2, 0.25) is 0 Å². The summed E-state index contributed by atoms with van der Waals surface area (Å²) in [6, 6.07) is 21.9. The predicted octanol–water partition coefficient (Wildman–Crippen LogP) is 4.55. The summed E-state index contributed by atoms with van der Waals surface area (Å²) < 4.78 is 5.81. The van der Waals surface area contributed by atoms with Crippen molar-refractivity contribution in [3.8, 4) is 11.5 Å². The van der Waals surface area contributed by atoms with E-state index in [4.69, 9.17) is 17.0 Å². The summed E-state index contributed by atoms with van der Waals surface area (Å²) in [5.74, 6) is 1.06. The maximum atomic E-state index is 12.5. The second kappa shape index (κ2) is 8.45. The Morgan fingerprint density at radius 2 is 1.59 bits per heavy atom. The van der Waals surface area contributed by atoms with E-state index in [1.54, 1.807) is 36.7 Å². The number of para-hydroxylation sites is 1. The van der Waals surface area contributed by atoms with E-state index >= 15 is 0 Å². The molecule has 3 aromatic carbocycles. The first kappa shape index (κ1) is 18.5. The van der Waals surface area contributed by atoms with Crippen LogP contribution >= 0.6 is 12.2 Å². The van der Waals surface area contributed by atoms with Crippen molar-refractivity contribution in [1.82, 2.24) is 15.3 Å². The molecular formula is C22H16N4O2S. The molecule has 0 bridgehead atoms. The molecule has 0 unspecified atom stereocenters. The van der Waals surface area contributed by atoms with Gasteiger partial charge in [-0.05, 0) is 54.7 Å². The maximum Gasteiger partial charge on any atom is 0.257 e. The number of hydrogen-bond donors (Lipinski definition) is 2. The summed E-state index contributed by atoms with van der Waals surface area (Å²) in [7, 11) is 0. The average molecular weight is 400 g/mol. The Morgan fingerprint density at radius 3 is 2.41 bits per heavy atom. The number of amides is 1. The molecule has 2 N–H and O–H groups in total. The van der Waals surface area contributed by atoms with E-state index in [0.29, 0.717) is 22.5 Å². The highest BCUT2D eigenvalue weighted by atomic mass is 32.1. The van der Waals surface area contributed by atoms with Crippen molar-refractivity contribution in [1.29, 1.82) is 0 Å². The lowest BCUT2D eigenvalue weighted by molar-refractivity contribution is 0.0978. The molecule has 0 saturated heterocycles. The molecule has 1 amide bonds. The minimum Gasteiger partial charge on any atom is -0.457 e. The summed E-state index contributed by atoms with van der Waals surface area (Å²) in [6.07, 6.45) is 3.19. The Morgan fingerprint density at radius 1 is 0.828 bits per heavy atom. The molecule has 0 spiro atoms. The number of nitrogens with zero attached hydrogens (tertiary/aromatic N) is 2. The molecule has 0 aliphatic carbocycles. The Labute approximate surface area is 172 Å². The molecule has 0 saturated carbocycles. The number of nitrogens with one attached hydrogen (secondary N) is 2. The standard InChI is InChI=1S/C22H16N4O2S/c27-21(15-9-10-19-20(13-15)24-12-11-23-19)26-22(29)25-16-5-4-8-18(14-16)28-17-6-2-1-3-7-17/h1-14H,(H2,25,26,27,29). The molecule has 1 heterocycles. The molecule has 0 atom stereocenters. The van der Waals surface area contributed by atoms with Crippen LogP contribution in [-0.4, -0.2) is 21.0 Å². The van der Waals surface area contributed by atoms with Crippen LogP contribution in [0.1, 0.15) is 10.4 Å². The van der Waals surface area contributed by atoms with Gasteiger partial charge < -0.3 is 10.1 Å². The molecular weight excluding hydrogens is 384 g/mol. The summed E-state index contributed by atoms with van der Waals surface area (Å²) in [4.78, 5) is 20.9. The van der Waals surface area contributed by atoms with Crippen LogP contribution < -0.4 is 15.4 Å². The van der Waals surface area contributed by atoms with Crippen molar-refractivity contribution in [3.63, 3.8) is 0 Å². The largest absolute Gasteiger partial charge is 0.457 e. The average Bonchev–Trinajstić information content (AvgIpc) is 2.74. The number of thiocarbonyl (C=S) groups is 1. The van der Waals surface area contributed by atoms with Gasteiger partial charge in [0.15, 0.2) is 5.11 Å². The van der Waals surface area contributed by atoms with Gasteiger partial charge in [0.1, 0.15) is 11.5 Å². The number of ether oxygens (including phenoxy) is 1. The number of carbonyl (C=O) groups excluding carboxylic acids is 1. The lowest BCUT2D eigenvalue weighted by atomic mass is 10.2. The van der Waals surface area contributed by atoms with Gasteiger partial charge in [0.2, 0.25) is 0 Å². The molecule has 4 rings (SSSR count). The van der Waals surface area contributed by atoms with Crippen LogP contribution in [0.15, 0.2) is 85.2 Å². The molecule has 0 fully saturated rings. The van der Waals surface area contributed by atoms with E-state index in [1.807, 2.05) is 48.5 Å². The lowest BCUT2D eigenvalue weighted by Gasteiger charge is -2.11. The molecule has 0 radical (unpaired) electrons. The highest BCUT2D eigenvalue weighted by Crippen LogP contribution is 2.23. The van der Waals surface area contributed by atoms with Gasteiger partial charge in [-0.3, -0.25) is 20.1 Å². The number of aromatic nitrogens is 2. The summed E-state index contributed by atoms with van der Waals surface area (Å²) in [5, 5.41) is 5.85. The zero-order valence-corrected chi connectivity index (χ0v) is 16.0. The zero-order chi connectivity index (χ0) is 20.1. The van der Waals surface area contributed by atoms with Gasteiger partial charge in [-0.2, -0.15) is 0 Å². The van der Waals surface area contributed by atoms with Crippen molar-refractivity contribution in [3.05, 3.63) is 90.8 Å². The van der Waals surface area contributed by atoms with E-state index < -0.39 is 0 Å². The van der Waals surface area contributed by atoms with Gasteiger partial charge >= 0.3 is 0 Å². The van der Waals surface area contributed by atoms with Gasteiger partial charge in [0, 0.05) is 29.7 Å². The van der Waals surface area contributed by atoms with Gasteiger partial charge in [0.05, 0.1) is 11.0 Å². The summed E-state index contributed by atoms with van der Waals surface area (Å²) in [5.41, 5.74) is 2.51. The molecule has 142 valence electrons. The molecule has 0 aliphatic heterocycles. The maximum absolute atomic E-state index is 12.5. The van der Waals surface area contributed by atoms with Crippen molar-refractivity contribution in [2.75, 3.05) is 5.32 Å². The van der Waals surface area contributed by atoms with Gasteiger partial charge in [-0.1, -0.05) is 24.3 Å². The van der Waals surface area contributed by atoms with E-state index in [-0.39, 0.29) is 11.0 Å². The van der Waals surface area contributed by atoms with Crippen molar-refractivity contribution in [2.24, 2.45) is 0 Å². The second-order valence-electron chi connectivity index (χ2n) is 6.11. The fourth-order valence-corrected chi connectivity index (χ4v) is 2.91. The van der Waals surface area contributed by atoms with Crippen molar-refractivity contribution >= 4 is 40.0 Å². The van der Waals surface area contributed by atoms with Crippen LogP contribution in [0, 0.1) is 0 Å². The molecule has 29 heavy (non-hydrogen) atoms. The fourth-order valence-electron chi connectivity index (χ4n) is 2.70. The number of carbonyl (C=O) groups is 1. The number of rotatable bonds is 4. The Bertz CT molecular complexity index is 1180. The van der Waals surface area contributed by atoms with Crippen molar-refractivity contribution in [2.45, 2.75) is 0 Å². The van der Waals surface area contributed by atoms with Crippen LogP contribution in [0.4, 0.5) is 5.69 Å². The van der Waals surface area contributed by atoms with Crippen LogP contribution in [0.5, 0.6) is 11.5 Å². The number of hydrogen-bond acceptors (Lipinski definition) is 5. The molecule has 0 aliphatic rings. The quantitative estimate of drug-likeness (QED) is 0.490.